The van der Waals surface area contributed by atoms with E-state index >= 15 is 0 Å². The third kappa shape index (κ3) is 3.20. The number of rotatable bonds is 3. The minimum absolute atomic E-state index is 0.465. The van der Waals surface area contributed by atoms with Crippen molar-refractivity contribution in [3.8, 4) is 11.5 Å². The summed E-state index contributed by atoms with van der Waals surface area (Å²) < 4.78 is 37.8. The molecule has 0 atom stereocenters. The third-order valence-electron chi connectivity index (χ3n) is 2.86. The number of halogens is 3. The van der Waals surface area contributed by atoms with Crippen molar-refractivity contribution in [1.82, 2.24) is 4.98 Å². The number of nitrogens with zero attached hydrogens (tertiary/aromatic N) is 2. The van der Waals surface area contributed by atoms with Gasteiger partial charge in [0.25, 0.3) is 0 Å². The highest BCUT2D eigenvalue weighted by Crippen LogP contribution is 2.37. The molecule has 2 N–H and O–H groups in total. The Morgan fingerprint density at radius 1 is 1.13 bits per heavy atom. The van der Waals surface area contributed by atoms with Gasteiger partial charge in [0.1, 0.15) is 0 Å². The number of aromatic nitrogens is 1. The van der Waals surface area contributed by atoms with Gasteiger partial charge >= 0.3 is 11.9 Å². The zero-order chi connectivity index (χ0) is 17.4. The Morgan fingerprint density at radius 2 is 1.78 bits per heavy atom. The van der Waals surface area contributed by atoms with E-state index in [0.29, 0.717) is 24.4 Å². The molecule has 0 bridgehead atoms. The van der Waals surface area contributed by atoms with Gasteiger partial charge in [-0.2, -0.15) is 13.2 Å². The van der Waals surface area contributed by atoms with Crippen LogP contribution in [-0.2, 0) is 6.18 Å². The van der Waals surface area contributed by atoms with Crippen LogP contribution in [0.25, 0.3) is 0 Å². The maximum absolute atomic E-state index is 12.6. The Kier molecular flexibility index (Phi) is 3.91. The second-order valence-electron chi connectivity index (χ2n) is 4.41. The van der Waals surface area contributed by atoms with Gasteiger partial charge in [0.05, 0.1) is 10.5 Å². The van der Waals surface area contributed by atoms with Crippen LogP contribution in [-0.4, -0.2) is 25.9 Å². The van der Waals surface area contributed by atoms with Crippen molar-refractivity contribution in [2.75, 3.05) is 0 Å². The summed E-state index contributed by atoms with van der Waals surface area (Å²) in [6.07, 6.45) is -3.34. The summed E-state index contributed by atoms with van der Waals surface area (Å²) in [5.74, 6) is -3.02. The number of nitro benzene ring substituents is 1. The largest absolute Gasteiger partial charge is 0.504 e. The first kappa shape index (κ1) is 16.2. The number of carbonyl (C=O) groups excluding carboxylic acids is 1. The van der Waals surface area contributed by atoms with Gasteiger partial charge in [0.2, 0.25) is 5.75 Å². The number of hydrogen-bond acceptors (Lipinski definition) is 6. The minimum Gasteiger partial charge on any atom is -0.504 e. The van der Waals surface area contributed by atoms with Crippen LogP contribution in [0.3, 0.4) is 0 Å². The molecule has 0 amide bonds. The third-order valence-corrected chi connectivity index (χ3v) is 2.86. The molecule has 120 valence electrons. The average molecular weight is 328 g/mol. The van der Waals surface area contributed by atoms with Gasteiger partial charge in [0.15, 0.2) is 11.5 Å². The molecule has 1 heterocycles. The van der Waals surface area contributed by atoms with Crippen LogP contribution in [0.2, 0.25) is 0 Å². The number of aromatic hydroxyl groups is 2. The summed E-state index contributed by atoms with van der Waals surface area (Å²) in [6, 6.07) is 1.90. The highest BCUT2D eigenvalue weighted by molar-refractivity contribution is 6.09. The van der Waals surface area contributed by atoms with Gasteiger partial charge in [-0.15, -0.1) is 0 Å². The number of phenols is 2. The number of hydrogen-bond donors (Lipinski definition) is 2. The Bertz CT molecular complexity index is 805. The SMILES string of the molecule is O=C(c1cncc(C(F)(F)F)c1)c1cc(O)c(O)c([N+](=O)[O-])c1. The molecule has 1 aromatic heterocycles. The standard InChI is InChI=1S/C13H7F3N2O5/c14-13(15,16)8-1-7(4-17-5-8)11(20)6-2-9(18(22)23)12(21)10(19)3-6/h1-5,19,21H. The fourth-order valence-electron chi connectivity index (χ4n) is 1.76. The molecule has 2 rings (SSSR count). The van der Waals surface area contributed by atoms with Crippen molar-refractivity contribution in [3.63, 3.8) is 0 Å². The smallest absolute Gasteiger partial charge is 0.417 e. The summed E-state index contributed by atoms with van der Waals surface area (Å²) in [5.41, 5.74) is -3.05. The molecule has 0 fully saturated rings. The van der Waals surface area contributed by atoms with Crippen molar-refractivity contribution in [2.24, 2.45) is 0 Å². The number of nitro groups is 1. The molecule has 23 heavy (non-hydrogen) atoms. The molecule has 0 aliphatic carbocycles. The number of carbonyl (C=O) groups is 1. The Hall–Kier alpha value is -3.17. The van der Waals surface area contributed by atoms with Crippen LogP contribution in [0.4, 0.5) is 18.9 Å². The summed E-state index contributed by atoms with van der Waals surface area (Å²) >= 11 is 0. The Balaban J connectivity index is 2.52. The minimum atomic E-state index is -4.72. The highest BCUT2D eigenvalue weighted by Gasteiger charge is 2.32. The van der Waals surface area contributed by atoms with Crippen LogP contribution in [0.15, 0.2) is 30.6 Å². The zero-order valence-electron chi connectivity index (χ0n) is 11.0. The van der Waals surface area contributed by atoms with Crippen molar-refractivity contribution >= 4 is 11.5 Å². The van der Waals surface area contributed by atoms with Gasteiger partial charge in [-0.1, -0.05) is 0 Å². The maximum Gasteiger partial charge on any atom is 0.417 e. The lowest BCUT2D eigenvalue weighted by molar-refractivity contribution is -0.386. The number of ketones is 1. The molecular formula is C13H7F3N2O5. The number of phenolic OH excluding ortho intramolecular Hbond substituents is 2. The van der Waals surface area contributed by atoms with E-state index in [1.807, 2.05) is 0 Å². The van der Waals surface area contributed by atoms with Crippen LogP contribution < -0.4 is 0 Å². The first-order valence-corrected chi connectivity index (χ1v) is 5.88. The number of benzene rings is 1. The average Bonchev–Trinajstić information content (AvgIpc) is 2.48. The lowest BCUT2D eigenvalue weighted by Gasteiger charge is -2.08. The molecule has 0 spiro atoms. The van der Waals surface area contributed by atoms with E-state index in [-0.39, 0.29) is 0 Å². The second kappa shape index (κ2) is 5.55. The van der Waals surface area contributed by atoms with Gasteiger partial charge in [-0.05, 0) is 12.1 Å². The van der Waals surface area contributed by atoms with Crippen molar-refractivity contribution < 1.29 is 33.1 Å². The molecule has 0 aliphatic rings. The lowest BCUT2D eigenvalue weighted by Crippen LogP contribution is -2.09. The van der Waals surface area contributed by atoms with Crippen LogP contribution >= 0.6 is 0 Å². The summed E-state index contributed by atoms with van der Waals surface area (Å²) in [4.78, 5) is 25.1. The van der Waals surface area contributed by atoms with E-state index < -0.39 is 50.8 Å². The Labute approximate surface area is 125 Å². The fourth-order valence-corrected chi connectivity index (χ4v) is 1.76. The molecule has 0 radical (unpaired) electrons. The van der Waals surface area contributed by atoms with E-state index in [1.165, 1.54) is 0 Å². The topological polar surface area (TPSA) is 114 Å². The molecule has 0 saturated heterocycles. The van der Waals surface area contributed by atoms with Crippen LogP contribution in [0.5, 0.6) is 11.5 Å². The molecule has 10 heteroatoms. The molecular weight excluding hydrogens is 321 g/mol. The summed E-state index contributed by atoms with van der Waals surface area (Å²) in [5, 5.41) is 29.5. The van der Waals surface area contributed by atoms with Gasteiger partial charge < -0.3 is 10.2 Å². The molecule has 0 saturated carbocycles. The molecule has 7 nitrogen and oxygen atoms in total. The van der Waals surface area contributed by atoms with Gasteiger partial charge in [-0.25, -0.2) is 0 Å². The van der Waals surface area contributed by atoms with Gasteiger partial charge in [-0.3, -0.25) is 19.9 Å². The molecule has 0 unspecified atom stereocenters. The lowest BCUT2D eigenvalue weighted by atomic mass is 10.0. The van der Waals surface area contributed by atoms with E-state index in [9.17, 15) is 38.3 Å². The van der Waals surface area contributed by atoms with Crippen molar-refractivity contribution in [1.29, 1.82) is 0 Å². The van der Waals surface area contributed by atoms with E-state index in [0.717, 1.165) is 6.20 Å². The molecule has 1 aromatic carbocycles. The number of alkyl halides is 3. The fraction of sp³-hybridized carbons (Fsp3) is 0.0769. The van der Waals surface area contributed by atoms with Gasteiger partial charge in [0, 0.05) is 29.6 Å². The quantitative estimate of drug-likeness (QED) is 0.387. The highest BCUT2D eigenvalue weighted by atomic mass is 19.4. The monoisotopic (exact) mass is 328 g/mol. The first-order chi connectivity index (χ1) is 10.6. The summed E-state index contributed by atoms with van der Waals surface area (Å²) in [7, 11) is 0. The van der Waals surface area contributed by atoms with E-state index in [2.05, 4.69) is 4.98 Å². The predicted octanol–water partition coefficient (Wildman–Crippen LogP) is 2.65. The van der Waals surface area contributed by atoms with E-state index in [4.69, 9.17) is 0 Å². The normalized spacial score (nSPS) is 11.3. The maximum atomic E-state index is 12.6. The molecule has 2 aromatic rings. The second-order valence-corrected chi connectivity index (χ2v) is 4.41. The van der Waals surface area contributed by atoms with Crippen molar-refractivity contribution in [3.05, 3.63) is 57.4 Å². The molecule has 0 aliphatic heterocycles. The van der Waals surface area contributed by atoms with Crippen LogP contribution in [0.1, 0.15) is 21.5 Å². The predicted molar refractivity (Wildman–Crippen MR) is 69.1 cm³/mol. The zero-order valence-corrected chi connectivity index (χ0v) is 11.0. The summed E-state index contributed by atoms with van der Waals surface area (Å²) in [6.45, 7) is 0. The van der Waals surface area contributed by atoms with Crippen LogP contribution in [0, 0.1) is 10.1 Å². The number of pyridine rings is 1. The Morgan fingerprint density at radius 3 is 2.35 bits per heavy atom. The van der Waals surface area contributed by atoms with E-state index in [1.54, 1.807) is 0 Å². The first-order valence-electron chi connectivity index (χ1n) is 5.88. The van der Waals surface area contributed by atoms with Crippen molar-refractivity contribution in [2.45, 2.75) is 6.18 Å².